The van der Waals surface area contributed by atoms with Gasteiger partial charge in [-0.1, -0.05) is 48.5 Å². The molecule has 2 heterocycles. The Labute approximate surface area is 164 Å². The number of ether oxygens (including phenoxy) is 1. The van der Waals surface area contributed by atoms with Crippen molar-refractivity contribution in [2.45, 2.75) is 5.92 Å². The molecule has 1 amide bonds. The minimum Gasteiger partial charge on any atom is -0.477 e. The Morgan fingerprint density at radius 3 is 2.41 bits per heavy atom. The molecule has 2 aromatic heterocycles. The van der Waals surface area contributed by atoms with Crippen molar-refractivity contribution in [1.82, 2.24) is 14.6 Å². The summed E-state index contributed by atoms with van der Waals surface area (Å²) in [5.74, 6) is -1.25. The van der Waals surface area contributed by atoms with Gasteiger partial charge in [0.1, 0.15) is 18.0 Å². The minimum atomic E-state index is -1.20. The second-order valence-electron chi connectivity index (χ2n) is 6.74. The van der Waals surface area contributed by atoms with Gasteiger partial charge in [0, 0.05) is 18.3 Å². The number of fused-ring (bicyclic) bond motifs is 4. The van der Waals surface area contributed by atoms with Crippen LogP contribution in [0.4, 0.5) is 10.6 Å². The molecule has 0 fully saturated rings. The van der Waals surface area contributed by atoms with Crippen LogP contribution in [0.2, 0.25) is 0 Å². The Bertz CT molecular complexity index is 1210. The molecule has 144 valence electrons. The van der Waals surface area contributed by atoms with Crippen LogP contribution in [0.15, 0.2) is 60.9 Å². The number of imidazole rings is 1. The second-order valence-corrected chi connectivity index (χ2v) is 6.74. The minimum absolute atomic E-state index is 0.0258. The van der Waals surface area contributed by atoms with Crippen molar-refractivity contribution >= 4 is 23.5 Å². The maximum absolute atomic E-state index is 12.4. The van der Waals surface area contributed by atoms with Crippen LogP contribution in [0.5, 0.6) is 0 Å². The number of aromatic nitrogens is 3. The number of nitrogens with zero attached hydrogens (tertiary/aromatic N) is 2. The predicted molar refractivity (Wildman–Crippen MR) is 105 cm³/mol. The smallest absolute Gasteiger partial charge is 0.412 e. The molecule has 0 bridgehead atoms. The Morgan fingerprint density at radius 2 is 1.76 bits per heavy atom. The standard InChI is InChI=1S/C21H16N4O4/c26-20(27)17-18(24-25-10-9-22-19(17)25)23-21(28)29-11-16-14-7-3-1-5-12(14)13-6-2-4-8-15(13)16/h1-10,16,24H,11H2,(H,23,28)(H,26,27). The first-order chi connectivity index (χ1) is 14.1. The van der Waals surface area contributed by atoms with Gasteiger partial charge in [-0.15, -0.1) is 0 Å². The Balaban J connectivity index is 1.36. The lowest BCUT2D eigenvalue weighted by Crippen LogP contribution is -2.19. The van der Waals surface area contributed by atoms with Crippen molar-refractivity contribution in [2.24, 2.45) is 0 Å². The summed E-state index contributed by atoms with van der Waals surface area (Å²) in [6.07, 6.45) is 2.29. The van der Waals surface area contributed by atoms with Crippen LogP contribution >= 0.6 is 0 Å². The van der Waals surface area contributed by atoms with E-state index in [4.69, 9.17) is 4.74 Å². The van der Waals surface area contributed by atoms with Gasteiger partial charge in [-0.25, -0.2) is 19.1 Å². The average molecular weight is 388 g/mol. The zero-order valence-corrected chi connectivity index (χ0v) is 15.1. The maximum Gasteiger partial charge on any atom is 0.412 e. The number of anilines is 1. The van der Waals surface area contributed by atoms with Gasteiger partial charge in [0.15, 0.2) is 5.65 Å². The van der Waals surface area contributed by atoms with Crippen LogP contribution in [0.1, 0.15) is 27.4 Å². The maximum atomic E-state index is 12.4. The van der Waals surface area contributed by atoms with Crippen molar-refractivity contribution < 1.29 is 19.4 Å². The summed E-state index contributed by atoms with van der Waals surface area (Å²) < 4.78 is 6.88. The molecule has 0 spiro atoms. The molecule has 0 atom stereocenters. The highest BCUT2D eigenvalue weighted by Gasteiger charge is 2.29. The lowest BCUT2D eigenvalue weighted by molar-refractivity contribution is 0.0700. The number of H-pyrrole nitrogens is 1. The zero-order chi connectivity index (χ0) is 20.0. The van der Waals surface area contributed by atoms with Gasteiger partial charge in [0.05, 0.1) is 0 Å². The normalized spacial score (nSPS) is 12.6. The zero-order valence-electron chi connectivity index (χ0n) is 15.1. The van der Waals surface area contributed by atoms with Gasteiger partial charge in [0.2, 0.25) is 0 Å². The third-order valence-electron chi connectivity index (χ3n) is 5.13. The fourth-order valence-electron chi connectivity index (χ4n) is 3.90. The molecule has 0 saturated heterocycles. The molecule has 8 heteroatoms. The summed E-state index contributed by atoms with van der Waals surface area (Å²) >= 11 is 0. The molecule has 3 N–H and O–H groups in total. The molecule has 0 radical (unpaired) electrons. The van der Waals surface area contributed by atoms with E-state index in [9.17, 15) is 14.7 Å². The molecule has 0 aliphatic heterocycles. The largest absolute Gasteiger partial charge is 0.477 e. The summed E-state index contributed by atoms with van der Waals surface area (Å²) in [5, 5.41) is 14.7. The van der Waals surface area contributed by atoms with Gasteiger partial charge in [-0.3, -0.25) is 10.4 Å². The van der Waals surface area contributed by atoms with Crippen LogP contribution in [-0.2, 0) is 4.74 Å². The number of carbonyl (C=O) groups is 2. The van der Waals surface area contributed by atoms with Crippen LogP contribution in [0, 0.1) is 0 Å². The van der Waals surface area contributed by atoms with Crippen molar-refractivity contribution in [2.75, 3.05) is 11.9 Å². The van der Waals surface area contributed by atoms with Gasteiger partial charge in [-0.2, -0.15) is 0 Å². The number of carboxylic acid groups (broad SMARTS) is 1. The Kier molecular flexibility index (Phi) is 3.83. The number of hydrogen-bond donors (Lipinski definition) is 3. The number of hydrogen-bond acceptors (Lipinski definition) is 4. The number of carboxylic acids is 1. The van der Waals surface area contributed by atoms with Gasteiger partial charge in [-0.05, 0) is 22.3 Å². The summed E-state index contributed by atoms with van der Waals surface area (Å²) in [6, 6.07) is 16.1. The van der Waals surface area contributed by atoms with Gasteiger partial charge >= 0.3 is 12.1 Å². The van der Waals surface area contributed by atoms with E-state index < -0.39 is 12.1 Å². The molecule has 8 nitrogen and oxygen atoms in total. The fraction of sp³-hybridized carbons (Fsp3) is 0.0952. The number of benzene rings is 2. The highest BCUT2D eigenvalue weighted by atomic mass is 16.5. The lowest BCUT2D eigenvalue weighted by Gasteiger charge is -2.14. The molecule has 0 saturated carbocycles. The monoisotopic (exact) mass is 388 g/mol. The third-order valence-corrected chi connectivity index (χ3v) is 5.13. The average Bonchev–Trinajstić information content (AvgIpc) is 3.37. The van der Waals surface area contributed by atoms with E-state index in [1.54, 1.807) is 6.20 Å². The van der Waals surface area contributed by atoms with Crippen molar-refractivity contribution in [3.63, 3.8) is 0 Å². The van der Waals surface area contributed by atoms with E-state index in [1.807, 2.05) is 36.4 Å². The van der Waals surface area contributed by atoms with Crippen molar-refractivity contribution in [3.8, 4) is 11.1 Å². The van der Waals surface area contributed by atoms with Crippen LogP contribution in [-0.4, -0.2) is 38.4 Å². The van der Waals surface area contributed by atoms with E-state index in [-0.39, 0.29) is 29.6 Å². The van der Waals surface area contributed by atoms with E-state index in [2.05, 4.69) is 27.5 Å². The Hall–Kier alpha value is -4.07. The van der Waals surface area contributed by atoms with Gasteiger partial charge < -0.3 is 9.84 Å². The first-order valence-electron chi connectivity index (χ1n) is 9.04. The molecular weight excluding hydrogens is 372 g/mol. The Morgan fingerprint density at radius 1 is 1.10 bits per heavy atom. The summed E-state index contributed by atoms with van der Waals surface area (Å²) in [4.78, 5) is 27.9. The fourth-order valence-corrected chi connectivity index (χ4v) is 3.90. The molecule has 29 heavy (non-hydrogen) atoms. The first-order valence-corrected chi connectivity index (χ1v) is 9.04. The number of nitrogens with one attached hydrogen (secondary N) is 2. The highest BCUT2D eigenvalue weighted by Crippen LogP contribution is 2.44. The molecule has 5 rings (SSSR count). The van der Waals surface area contributed by atoms with E-state index in [0.29, 0.717) is 0 Å². The van der Waals surface area contributed by atoms with Crippen LogP contribution in [0.25, 0.3) is 16.8 Å². The van der Waals surface area contributed by atoms with Crippen molar-refractivity contribution in [1.29, 1.82) is 0 Å². The third kappa shape index (κ3) is 2.73. The second kappa shape index (κ2) is 6.52. The molecule has 0 unspecified atom stereocenters. The summed E-state index contributed by atoms with van der Waals surface area (Å²) in [6.45, 7) is 0.139. The summed E-state index contributed by atoms with van der Waals surface area (Å²) in [7, 11) is 0. The topological polar surface area (TPSA) is 109 Å². The highest BCUT2D eigenvalue weighted by molar-refractivity contribution is 6.03. The van der Waals surface area contributed by atoms with Gasteiger partial charge in [0.25, 0.3) is 0 Å². The first kappa shape index (κ1) is 17.1. The van der Waals surface area contributed by atoms with Crippen LogP contribution in [0.3, 0.4) is 0 Å². The lowest BCUT2D eigenvalue weighted by atomic mass is 9.98. The number of amides is 1. The molecule has 1 aliphatic carbocycles. The number of aromatic amines is 1. The van der Waals surface area contributed by atoms with Crippen LogP contribution < -0.4 is 5.32 Å². The quantitative estimate of drug-likeness (QED) is 0.494. The van der Waals surface area contributed by atoms with Crippen molar-refractivity contribution in [3.05, 3.63) is 77.6 Å². The SMILES string of the molecule is O=C(Nc1[nH]n2ccnc2c1C(=O)O)OCC1c2ccccc2-c2ccccc21. The number of carbonyl (C=O) groups excluding carboxylic acids is 1. The van der Waals surface area contributed by atoms with E-state index in [0.717, 1.165) is 22.3 Å². The molecular formula is C21H16N4O4. The molecule has 4 aromatic rings. The molecule has 1 aliphatic rings. The van der Waals surface area contributed by atoms with E-state index in [1.165, 1.54) is 10.7 Å². The number of aromatic carboxylic acids is 1. The summed E-state index contributed by atoms with van der Waals surface area (Å²) in [5.41, 5.74) is 4.57. The predicted octanol–water partition coefficient (Wildman–Crippen LogP) is 3.72. The molecule has 2 aromatic carbocycles. The van der Waals surface area contributed by atoms with E-state index >= 15 is 0 Å². The number of rotatable bonds is 4.